The van der Waals surface area contributed by atoms with Crippen molar-refractivity contribution >= 4 is 22.9 Å². The summed E-state index contributed by atoms with van der Waals surface area (Å²) < 4.78 is 11.3. The van der Waals surface area contributed by atoms with Crippen LogP contribution in [0.3, 0.4) is 0 Å². The molecular weight excluding hydrogens is 302 g/mol. The largest absolute Gasteiger partial charge is 0.470 e. The number of pyridine rings is 1. The van der Waals surface area contributed by atoms with Crippen LogP contribution in [0.15, 0.2) is 35.8 Å². The molecule has 2 atom stereocenters. The maximum Gasteiger partial charge on any atom is 0.263 e. The molecule has 0 spiro atoms. The van der Waals surface area contributed by atoms with Gasteiger partial charge in [0.25, 0.3) is 5.91 Å². The summed E-state index contributed by atoms with van der Waals surface area (Å²) in [6.07, 6.45) is 2.08. The topological polar surface area (TPSA) is 86.5 Å². The summed E-state index contributed by atoms with van der Waals surface area (Å²) in [7, 11) is 0. The number of hydrogen-bond donors (Lipinski definition) is 2. The number of rotatable bonds is 4. The standard InChI is InChI=1S/C15H17N3O3S/c16-10-5-8-22-14(10)15(19)18-11-4-7-20-9-12(11)21-13-3-1-2-6-17-13/h1-3,5-6,8,11-12H,4,7,9,16H2,(H,18,19)/t11-,12-/m1/s1. The van der Waals surface area contributed by atoms with E-state index >= 15 is 0 Å². The van der Waals surface area contributed by atoms with Crippen LogP contribution in [0.2, 0.25) is 0 Å². The fourth-order valence-corrected chi connectivity index (χ4v) is 3.02. The molecule has 1 saturated heterocycles. The van der Waals surface area contributed by atoms with Gasteiger partial charge in [-0.2, -0.15) is 0 Å². The molecule has 0 saturated carbocycles. The average molecular weight is 319 g/mol. The van der Waals surface area contributed by atoms with Gasteiger partial charge in [-0.05, 0) is 23.9 Å². The second-order valence-corrected chi connectivity index (χ2v) is 5.89. The van der Waals surface area contributed by atoms with E-state index in [1.54, 1.807) is 23.7 Å². The van der Waals surface area contributed by atoms with Crippen LogP contribution in [-0.2, 0) is 4.74 Å². The van der Waals surface area contributed by atoms with E-state index in [2.05, 4.69) is 10.3 Å². The highest BCUT2D eigenvalue weighted by atomic mass is 32.1. The van der Waals surface area contributed by atoms with Crippen molar-refractivity contribution in [2.75, 3.05) is 18.9 Å². The molecule has 0 unspecified atom stereocenters. The minimum absolute atomic E-state index is 0.134. The number of anilines is 1. The zero-order valence-corrected chi connectivity index (χ0v) is 12.7. The Morgan fingerprint density at radius 2 is 2.36 bits per heavy atom. The Morgan fingerprint density at radius 1 is 1.45 bits per heavy atom. The lowest BCUT2D eigenvalue weighted by atomic mass is 10.1. The Morgan fingerprint density at radius 3 is 3.09 bits per heavy atom. The molecule has 1 amide bonds. The summed E-state index contributed by atoms with van der Waals surface area (Å²) in [5.74, 6) is 0.349. The Bertz CT molecular complexity index is 632. The highest BCUT2D eigenvalue weighted by Crippen LogP contribution is 2.20. The van der Waals surface area contributed by atoms with Gasteiger partial charge in [0.2, 0.25) is 5.88 Å². The molecule has 116 valence electrons. The quantitative estimate of drug-likeness (QED) is 0.895. The Kier molecular flexibility index (Phi) is 4.55. The van der Waals surface area contributed by atoms with Crippen molar-refractivity contribution in [2.24, 2.45) is 0 Å². The van der Waals surface area contributed by atoms with Crippen molar-refractivity contribution in [3.05, 3.63) is 40.7 Å². The first-order valence-corrected chi connectivity index (χ1v) is 7.91. The number of aromatic nitrogens is 1. The van der Waals surface area contributed by atoms with Crippen molar-refractivity contribution in [1.82, 2.24) is 10.3 Å². The van der Waals surface area contributed by atoms with E-state index in [4.69, 9.17) is 15.2 Å². The third kappa shape index (κ3) is 3.37. The van der Waals surface area contributed by atoms with E-state index in [1.165, 1.54) is 11.3 Å². The van der Waals surface area contributed by atoms with Crippen molar-refractivity contribution in [1.29, 1.82) is 0 Å². The number of carbonyl (C=O) groups is 1. The van der Waals surface area contributed by atoms with Crippen LogP contribution in [0.4, 0.5) is 5.69 Å². The molecule has 0 aromatic carbocycles. The summed E-state index contributed by atoms with van der Waals surface area (Å²) in [6, 6.07) is 7.05. The molecule has 22 heavy (non-hydrogen) atoms. The molecule has 3 heterocycles. The lowest BCUT2D eigenvalue weighted by molar-refractivity contribution is -0.0152. The van der Waals surface area contributed by atoms with E-state index in [-0.39, 0.29) is 18.1 Å². The summed E-state index contributed by atoms with van der Waals surface area (Å²) in [5.41, 5.74) is 6.29. The molecule has 2 aromatic rings. The molecular formula is C15H17N3O3S. The first-order chi connectivity index (χ1) is 10.7. The summed E-state index contributed by atoms with van der Waals surface area (Å²) >= 11 is 1.33. The predicted molar refractivity (Wildman–Crippen MR) is 84.1 cm³/mol. The van der Waals surface area contributed by atoms with Crippen molar-refractivity contribution in [3.63, 3.8) is 0 Å². The molecule has 2 aromatic heterocycles. The SMILES string of the molecule is Nc1ccsc1C(=O)N[C@@H]1CCOC[C@H]1Oc1ccccn1. The van der Waals surface area contributed by atoms with Crippen LogP contribution < -0.4 is 15.8 Å². The number of hydrogen-bond acceptors (Lipinski definition) is 6. The van der Waals surface area contributed by atoms with Crippen molar-refractivity contribution in [2.45, 2.75) is 18.6 Å². The number of nitrogens with zero attached hydrogens (tertiary/aromatic N) is 1. The number of amides is 1. The van der Waals surface area contributed by atoms with Crippen LogP contribution in [-0.4, -0.2) is 36.3 Å². The smallest absolute Gasteiger partial charge is 0.263 e. The predicted octanol–water partition coefficient (Wildman–Crippen LogP) is 1.69. The Hall–Kier alpha value is -2.12. The summed E-state index contributed by atoms with van der Waals surface area (Å²) in [5, 5.41) is 4.79. The van der Waals surface area contributed by atoms with Gasteiger partial charge in [-0.25, -0.2) is 4.98 Å². The molecule has 0 aliphatic carbocycles. The molecule has 0 bridgehead atoms. The van der Waals surface area contributed by atoms with Gasteiger partial charge in [0.15, 0.2) is 0 Å². The maximum atomic E-state index is 12.3. The number of nitrogens with one attached hydrogen (secondary N) is 1. The van der Waals surface area contributed by atoms with E-state index in [1.807, 2.05) is 12.1 Å². The second kappa shape index (κ2) is 6.76. The molecule has 1 aliphatic rings. The first kappa shape index (κ1) is 14.8. The lowest BCUT2D eigenvalue weighted by Crippen LogP contribution is -2.51. The number of thiophene rings is 1. The summed E-state index contributed by atoms with van der Waals surface area (Å²) in [6.45, 7) is 1.01. The average Bonchev–Trinajstić information content (AvgIpc) is 2.96. The molecule has 0 radical (unpaired) electrons. The van der Waals surface area contributed by atoms with Gasteiger partial charge >= 0.3 is 0 Å². The Labute approximate surface area is 132 Å². The number of nitrogens with two attached hydrogens (primary N) is 1. The van der Waals surface area contributed by atoms with Crippen LogP contribution in [0, 0.1) is 0 Å². The maximum absolute atomic E-state index is 12.3. The molecule has 7 heteroatoms. The van der Waals surface area contributed by atoms with E-state index in [9.17, 15) is 4.79 Å². The van der Waals surface area contributed by atoms with E-state index < -0.39 is 0 Å². The van der Waals surface area contributed by atoms with Gasteiger partial charge in [-0.15, -0.1) is 11.3 Å². The van der Waals surface area contributed by atoms with Gasteiger partial charge in [-0.3, -0.25) is 4.79 Å². The molecule has 1 aliphatic heterocycles. The molecule has 1 fully saturated rings. The van der Waals surface area contributed by atoms with Crippen LogP contribution >= 0.6 is 11.3 Å². The third-order valence-electron chi connectivity index (χ3n) is 3.43. The first-order valence-electron chi connectivity index (χ1n) is 7.03. The minimum atomic E-state index is -0.270. The fraction of sp³-hybridized carbons (Fsp3) is 0.333. The van der Waals surface area contributed by atoms with Gasteiger partial charge in [0.1, 0.15) is 11.0 Å². The highest BCUT2D eigenvalue weighted by Gasteiger charge is 2.30. The minimum Gasteiger partial charge on any atom is -0.470 e. The van der Waals surface area contributed by atoms with E-state index in [0.717, 1.165) is 0 Å². The Balaban J connectivity index is 1.67. The van der Waals surface area contributed by atoms with Crippen LogP contribution in [0.1, 0.15) is 16.1 Å². The van der Waals surface area contributed by atoms with Crippen molar-refractivity contribution in [3.8, 4) is 5.88 Å². The number of carbonyl (C=O) groups excluding carboxylic acids is 1. The lowest BCUT2D eigenvalue weighted by Gasteiger charge is -2.31. The molecule has 3 rings (SSSR count). The van der Waals surface area contributed by atoms with Crippen LogP contribution in [0.5, 0.6) is 5.88 Å². The third-order valence-corrected chi connectivity index (χ3v) is 4.36. The summed E-state index contributed by atoms with van der Waals surface area (Å²) in [4.78, 5) is 17.0. The normalized spacial score (nSPS) is 21.3. The second-order valence-electron chi connectivity index (χ2n) is 4.97. The monoisotopic (exact) mass is 319 g/mol. The number of nitrogen functional groups attached to an aromatic ring is 1. The molecule has 6 nitrogen and oxygen atoms in total. The van der Waals surface area contributed by atoms with Gasteiger partial charge in [0.05, 0.1) is 18.3 Å². The van der Waals surface area contributed by atoms with Crippen LogP contribution in [0.25, 0.3) is 0 Å². The zero-order chi connectivity index (χ0) is 15.4. The van der Waals surface area contributed by atoms with Gasteiger partial charge in [0, 0.05) is 18.9 Å². The fourth-order valence-electron chi connectivity index (χ4n) is 2.30. The van der Waals surface area contributed by atoms with Gasteiger partial charge < -0.3 is 20.5 Å². The van der Waals surface area contributed by atoms with E-state index in [0.29, 0.717) is 36.1 Å². The highest BCUT2D eigenvalue weighted by molar-refractivity contribution is 7.12. The number of ether oxygens (including phenoxy) is 2. The molecule has 3 N–H and O–H groups in total. The van der Waals surface area contributed by atoms with Crippen molar-refractivity contribution < 1.29 is 14.3 Å². The van der Waals surface area contributed by atoms with Gasteiger partial charge in [-0.1, -0.05) is 6.07 Å². The zero-order valence-electron chi connectivity index (χ0n) is 11.9.